The van der Waals surface area contributed by atoms with Gasteiger partial charge >= 0.3 is 0 Å². The van der Waals surface area contributed by atoms with E-state index in [9.17, 15) is 4.79 Å². The number of hydrogen-bond donors (Lipinski definition) is 0. The molecule has 90 valence electrons. The van der Waals surface area contributed by atoms with E-state index in [0.717, 1.165) is 18.6 Å². The van der Waals surface area contributed by atoms with Crippen molar-refractivity contribution in [3.8, 4) is 0 Å². The van der Waals surface area contributed by atoms with Crippen LogP contribution in [0.2, 0.25) is 0 Å². The molecule has 0 unspecified atom stereocenters. The van der Waals surface area contributed by atoms with Gasteiger partial charge in [0.05, 0.1) is 18.2 Å². The van der Waals surface area contributed by atoms with E-state index in [4.69, 9.17) is 0 Å². The van der Waals surface area contributed by atoms with Crippen LogP contribution < -0.4 is 0 Å². The summed E-state index contributed by atoms with van der Waals surface area (Å²) in [4.78, 5) is 11.9. The number of hydrazone groups is 1. The van der Waals surface area contributed by atoms with Crippen LogP contribution >= 0.6 is 0 Å². The van der Waals surface area contributed by atoms with Crippen molar-refractivity contribution in [3.63, 3.8) is 0 Å². The standard InChI is InChI=1S/C13H22N2O/c1-10(2)12-9-13(16)15(14-12)11-7-5-3-4-6-8-11/h10-11H,3-9H2,1-2H3. The molecule has 0 N–H and O–H groups in total. The Hall–Kier alpha value is -0.860. The monoisotopic (exact) mass is 222 g/mol. The number of amides is 1. The van der Waals surface area contributed by atoms with Gasteiger partial charge in [-0.2, -0.15) is 5.10 Å². The van der Waals surface area contributed by atoms with E-state index in [1.54, 1.807) is 5.01 Å². The molecule has 0 atom stereocenters. The van der Waals surface area contributed by atoms with Crippen molar-refractivity contribution in [1.82, 2.24) is 5.01 Å². The highest BCUT2D eigenvalue weighted by atomic mass is 16.2. The fraction of sp³-hybridized carbons (Fsp3) is 0.846. The first-order chi connectivity index (χ1) is 7.68. The van der Waals surface area contributed by atoms with E-state index in [2.05, 4.69) is 18.9 Å². The Labute approximate surface area is 97.9 Å². The van der Waals surface area contributed by atoms with Crippen LogP contribution in [0.5, 0.6) is 0 Å². The fourth-order valence-corrected chi connectivity index (χ4v) is 2.57. The largest absolute Gasteiger partial charge is 0.273 e. The topological polar surface area (TPSA) is 32.7 Å². The van der Waals surface area contributed by atoms with Crippen molar-refractivity contribution in [2.45, 2.75) is 64.8 Å². The predicted octanol–water partition coefficient (Wildman–Crippen LogP) is 2.95. The van der Waals surface area contributed by atoms with E-state index in [0.29, 0.717) is 18.4 Å². The van der Waals surface area contributed by atoms with Gasteiger partial charge in [-0.25, -0.2) is 5.01 Å². The summed E-state index contributed by atoms with van der Waals surface area (Å²) in [7, 11) is 0. The average molecular weight is 222 g/mol. The third kappa shape index (κ3) is 2.45. The molecule has 0 spiro atoms. The number of hydrogen-bond acceptors (Lipinski definition) is 2. The number of rotatable bonds is 2. The molecule has 2 aliphatic rings. The van der Waals surface area contributed by atoms with E-state index in [1.165, 1.54) is 25.7 Å². The van der Waals surface area contributed by atoms with Crippen LogP contribution in [0.3, 0.4) is 0 Å². The maximum absolute atomic E-state index is 11.9. The highest BCUT2D eigenvalue weighted by Gasteiger charge is 2.31. The lowest BCUT2D eigenvalue weighted by atomic mass is 10.1. The summed E-state index contributed by atoms with van der Waals surface area (Å²) in [5.41, 5.74) is 1.06. The number of carbonyl (C=O) groups is 1. The highest BCUT2D eigenvalue weighted by molar-refractivity contribution is 6.05. The molecule has 1 amide bonds. The molecule has 1 aliphatic heterocycles. The molecule has 1 fully saturated rings. The Morgan fingerprint density at radius 1 is 1.19 bits per heavy atom. The van der Waals surface area contributed by atoms with Gasteiger partial charge in [0, 0.05) is 0 Å². The van der Waals surface area contributed by atoms with Crippen molar-refractivity contribution >= 4 is 11.6 Å². The van der Waals surface area contributed by atoms with Crippen LogP contribution in [0.25, 0.3) is 0 Å². The SMILES string of the molecule is CC(C)C1=NN(C2CCCCCC2)C(=O)C1. The molecule has 0 saturated heterocycles. The van der Waals surface area contributed by atoms with Gasteiger partial charge < -0.3 is 0 Å². The average Bonchev–Trinajstić information content (AvgIpc) is 2.50. The van der Waals surface area contributed by atoms with Gasteiger partial charge in [-0.15, -0.1) is 0 Å². The second-order valence-electron chi connectivity index (χ2n) is 5.31. The van der Waals surface area contributed by atoms with Gasteiger partial charge in [0.2, 0.25) is 5.91 Å². The zero-order chi connectivity index (χ0) is 11.5. The maximum Gasteiger partial charge on any atom is 0.248 e. The van der Waals surface area contributed by atoms with Crippen LogP contribution in [-0.4, -0.2) is 22.7 Å². The Balaban J connectivity index is 2.05. The van der Waals surface area contributed by atoms with Crippen LogP contribution in [-0.2, 0) is 4.79 Å². The van der Waals surface area contributed by atoms with Crippen molar-refractivity contribution in [1.29, 1.82) is 0 Å². The molecule has 0 aromatic heterocycles. The van der Waals surface area contributed by atoms with Gasteiger partial charge in [0.25, 0.3) is 0 Å². The first-order valence-corrected chi connectivity index (χ1v) is 6.58. The maximum atomic E-state index is 11.9. The molecule has 3 heteroatoms. The Kier molecular flexibility index (Phi) is 3.62. The number of nitrogens with zero attached hydrogens (tertiary/aromatic N) is 2. The molecule has 2 rings (SSSR count). The molecule has 0 aromatic carbocycles. The second kappa shape index (κ2) is 4.98. The zero-order valence-electron chi connectivity index (χ0n) is 10.4. The molecule has 1 heterocycles. The quantitative estimate of drug-likeness (QED) is 0.661. The normalized spacial score (nSPS) is 23.8. The Morgan fingerprint density at radius 2 is 1.81 bits per heavy atom. The van der Waals surface area contributed by atoms with Crippen LogP contribution in [0.4, 0.5) is 0 Å². The Bertz CT molecular complexity index is 288. The minimum Gasteiger partial charge on any atom is -0.273 e. The van der Waals surface area contributed by atoms with Gasteiger partial charge in [0.15, 0.2) is 0 Å². The molecule has 0 radical (unpaired) electrons. The first kappa shape index (κ1) is 11.6. The summed E-state index contributed by atoms with van der Waals surface area (Å²) >= 11 is 0. The molecule has 3 nitrogen and oxygen atoms in total. The summed E-state index contributed by atoms with van der Waals surface area (Å²) in [5, 5.41) is 6.33. The van der Waals surface area contributed by atoms with E-state index in [1.807, 2.05) is 0 Å². The summed E-state index contributed by atoms with van der Waals surface area (Å²) in [6.07, 6.45) is 7.97. The second-order valence-corrected chi connectivity index (χ2v) is 5.31. The highest BCUT2D eigenvalue weighted by Crippen LogP contribution is 2.26. The smallest absolute Gasteiger partial charge is 0.248 e. The van der Waals surface area contributed by atoms with Crippen molar-refractivity contribution in [3.05, 3.63) is 0 Å². The van der Waals surface area contributed by atoms with E-state index in [-0.39, 0.29) is 5.91 Å². The van der Waals surface area contributed by atoms with Crippen LogP contribution in [0, 0.1) is 5.92 Å². The van der Waals surface area contributed by atoms with Crippen molar-refractivity contribution in [2.75, 3.05) is 0 Å². The number of carbonyl (C=O) groups excluding carboxylic acids is 1. The summed E-state index contributed by atoms with van der Waals surface area (Å²) in [5.74, 6) is 0.621. The fourth-order valence-electron chi connectivity index (χ4n) is 2.57. The summed E-state index contributed by atoms with van der Waals surface area (Å²) in [6, 6.07) is 0.381. The van der Waals surface area contributed by atoms with Crippen molar-refractivity contribution < 1.29 is 4.79 Å². The van der Waals surface area contributed by atoms with E-state index >= 15 is 0 Å². The minimum atomic E-state index is 0.218. The molecule has 1 saturated carbocycles. The van der Waals surface area contributed by atoms with Gasteiger partial charge in [-0.3, -0.25) is 4.79 Å². The van der Waals surface area contributed by atoms with Gasteiger partial charge in [0.1, 0.15) is 0 Å². The molecule has 1 aliphatic carbocycles. The summed E-state index contributed by atoms with van der Waals surface area (Å²) in [6.45, 7) is 4.23. The summed E-state index contributed by atoms with van der Waals surface area (Å²) < 4.78 is 0. The lowest BCUT2D eigenvalue weighted by molar-refractivity contribution is -0.131. The van der Waals surface area contributed by atoms with Crippen molar-refractivity contribution in [2.24, 2.45) is 11.0 Å². The lowest BCUT2D eigenvalue weighted by Crippen LogP contribution is -2.32. The minimum absolute atomic E-state index is 0.218. The Morgan fingerprint density at radius 3 is 2.31 bits per heavy atom. The molecule has 16 heavy (non-hydrogen) atoms. The molecular weight excluding hydrogens is 200 g/mol. The predicted molar refractivity (Wildman–Crippen MR) is 65.2 cm³/mol. The van der Waals surface area contributed by atoms with Crippen LogP contribution in [0.15, 0.2) is 5.10 Å². The van der Waals surface area contributed by atoms with Gasteiger partial charge in [-0.1, -0.05) is 39.5 Å². The first-order valence-electron chi connectivity index (χ1n) is 6.58. The van der Waals surface area contributed by atoms with Gasteiger partial charge in [-0.05, 0) is 18.8 Å². The lowest BCUT2D eigenvalue weighted by Gasteiger charge is -2.22. The third-order valence-corrected chi connectivity index (χ3v) is 3.66. The van der Waals surface area contributed by atoms with Crippen LogP contribution in [0.1, 0.15) is 58.8 Å². The molecule has 0 aromatic rings. The molecular formula is C13H22N2O. The van der Waals surface area contributed by atoms with E-state index < -0.39 is 0 Å². The zero-order valence-corrected chi connectivity index (χ0v) is 10.4. The molecule has 0 bridgehead atoms. The third-order valence-electron chi connectivity index (χ3n) is 3.66.